The van der Waals surface area contributed by atoms with Gasteiger partial charge >= 0.3 is 0 Å². The van der Waals surface area contributed by atoms with Crippen molar-refractivity contribution in [2.45, 2.75) is 19.3 Å². The van der Waals surface area contributed by atoms with Crippen molar-refractivity contribution in [1.82, 2.24) is 14.4 Å². The van der Waals surface area contributed by atoms with E-state index in [0.29, 0.717) is 11.8 Å². The van der Waals surface area contributed by atoms with Crippen LogP contribution >= 0.6 is 0 Å². The van der Waals surface area contributed by atoms with Crippen molar-refractivity contribution >= 4 is 17.3 Å². The molecule has 6 nitrogen and oxygen atoms in total. The lowest BCUT2D eigenvalue weighted by molar-refractivity contribution is 0.199. The van der Waals surface area contributed by atoms with Crippen LogP contribution in [0.1, 0.15) is 19.3 Å². The molecule has 0 bridgehead atoms. The third-order valence-electron chi connectivity index (χ3n) is 4.21. The zero-order valence-corrected chi connectivity index (χ0v) is 11.7. The lowest BCUT2D eigenvalue weighted by atomic mass is 9.97. The summed E-state index contributed by atoms with van der Waals surface area (Å²) in [6.45, 7) is 1.13. The zero-order valence-electron chi connectivity index (χ0n) is 11.7. The van der Waals surface area contributed by atoms with Gasteiger partial charge in [0.05, 0.1) is 6.20 Å². The molecule has 0 aromatic carbocycles. The molecule has 3 N–H and O–H groups in total. The smallest absolute Gasteiger partial charge is 0.180 e. The van der Waals surface area contributed by atoms with E-state index in [1.807, 2.05) is 23.8 Å². The van der Waals surface area contributed by atoms with E-state index < -0.39 is 0 Å². The number of rotatable bonds is 5. The molecule has 2 unspecified atom stereocenters. The lowest BCUT2D eigenvalue weighted by Crippen LogP contribution is -2.21. The van der Waals surface area contributed by atoms with Gasteiger partial charge in [0.1, 0.15) is 5.82 Å². The summed E-state index contributed by atoms with van der Waals surface area (Å²) in [7, 11) is 1.85. The number of imidazole rings is 1. The van der Waals surface area contributed by atoms with Crippen LogP contribution in [0.25, 0.3) is 5.65 Å². The van der Waals surface area contributed by atoms with Crippen molar-refractivity contribution in [1.29, 1.82) is 0 Å². The predicted molar refractivity (Wildman–Crippen MR) is 78.9 cm³/mol. The van der Waals surface area contributed by atoms with Gasteiger partial charge in [0.2, 0.25) is 0 Å². The summed E-state index contributed by atoms with van der Waals surface area (Å²) in [4.78, 5) is 8.87. The van der Waals surface area contributed by atoms with Crippen molar-refractivity contribution in [3.63, 3.8) is 0 Å². The van der Waals surface area contributed by atoms with Gasteiger partial charge in [-0.25, -0.2) is 9.97 Å². The molecule has 2 heterocycles. The highest BCUT2D eigenvalue weighted by molar-refractivity contribution is 5.65. The van der Waals surface area contributed by atoms with Gasteiger partial charge < -0.3 is 20.1 Å². The molecule has 0 spiro atoms. The predicted octanol–water partition coefficient (Wildman–Crippen LogP) is 1.59. The number of hydrogen-bond donors (Lipinski definition) is 3. The number of hydrogen-bond acceptors (Lipinski definition) is 5. The Hall–Kier alpha value is -1.82. The molecular formula is C14H21N5O. The van der Waals surface area contributed by atoms with Crippen molar-refractivity contribution in [2.75, 3.05) is 30.8 Å². The molecule has 1 saturated carbocycles. The van der Waals surface area contributed by atoms with Crippen molar-refractivity contribution in [3.8, 4) is 0 Å². The van der Waals surface area contributed by atoms with E-state index in [-0.39, 0.29) is 6.61 Å². The molecule has 0 amide bonds. The minimum absolute atomic E-state index is 0.287. The van der Waals surface area contributed by atoms with Crippen LogP contribution in [-0.2, 0) is 0 Å². The molecule has 20 heavy (non-hydrogen) atoms. The fraction of sp³-hybridized carbons (Fsp3) is 0.571. The van der Waals surface area contributed by atoms with E-state index in [1.54, 1.807) is 6.20 Å². The van der Waals surface area contributed by atoms with E-state index >= 15 is 0 Å². The average molecular weight is 275 g/mol. The Morgan fingerprint density at radius 2 is 2.25 bits per heavy atom. The topological polar surface area (TPSA) is 74.5 Å². The summed E-state index contributed by atoms with van der Waals surface area (Å²) in [6.07, 6.45) is 9.11. The maximum Gasteiger partial charge on any atom is 0.180 e. The van der Waals surface area contributed by atoms with Gasteiger partial charge in [-0.05, 0) is 24.7 Å². The normalized spacial score (nSPS) is 22.3. The summed E-state index contributed by atoms with van der Waals surface area (Å²) in [5.74, 6) is 2.55. The lowest BCUT2D eigenvalue weighted by Gasteiger charge is -2.18. The van der Waals surface area contributed by atoms with Gasteiger partial charge in [-0.15, -0.1) is 0 Å². The summed E-state index contributed by atoms with van der Waals surface area (Å²) < 4.78 is 1.96. The van der Waals surface area contributed by atoms with Crippen LogP contribution in [0.3, 0.4) is 0 Å². The molecule has 3 rings (SSSR count). The van der Waals surface area contributed by atoms with E-state index in [4.69, 9.17) is 0 Å². The van der Waals surface area contributed by atoms with Gasteiger partial charge in [-0.2, -0.15) is 0 Å². The second kappa shape index (κ2) is 5.66. The van der Waals surface area contributed by atoms with Crippen LogP contribution in [0.2, 0.25) is 0 Å². The molecule has 0 saturated heterocycles. The first-order valence-electron chi connectivity index (χ1n) is 7.18. The van der Waals surface area contributed by atoms with Gasteiger partial charge in [0.25, 0.3) is 0 Å². The summed E-state index contributed by atoms with van der Waals surface area (Å²) >= 11 is 0. The highest BCUT2D eigenvalue weighted by Crippen LogP contribution is 2.31. The fourth-order valence-corrected chi connectivity index (χ4v) is 3.02. The third kappa shape index (κ3) is 2.43. The van der Waals surface area contributed by atoms with Crippen molar-refractivity contribution < 1.29 is 5.11 Å². The first-order chi connectivity index (χ1) is 9.81. The molecule has 1 aliphatic rings. The first kappa shape index (κ1) is 13.2. The summed E-state index contributed by atoms with van der Waals surface area (Å²) in [6, 6.07) is 0. The maximum absolute atomic E-state index is 9.38. The molecule has 0 radical (unpaired) electrons. The molecule has 2 aromatic heterocycles. The quantitative estimate of drug-likeness (QED) is 0.772. The van der Waals surface area contributed by atoms with E-state index in [0.717, 1.165) is 30.2 Å². The zero-order chi connectivity index (χ0) is 13.9. The number of fused-ring (bicyclic) bond motifs is 1. The maximum atomic E-state index is 9.38. The Kier molecular flexibility index (Phi) is 3.73. The number of aliphatic hydroxyl groups excluding tert-OH is 1. The van der Waals surface area contributed by atoms with Gasteiger partial charge in [-0.3, -0.25) is 0 Å². The van der Waals surface area contributed by atoms with Crippen LogP contribution in [0.15, 0.2) is 18.6 Å². The van der Waals surface area contributed by atoms with Crippen LogP contribution in [0.5, 0.6) is 0 Å². The van der Waals surface area contributed by atoms with E-state index in [1.165, 1.54) is 12.8 Å². The van der Waals surface area contributed by atoms with Crippen molar-refractivity contribution in [3.05, 3.63) is 18.6 Å². The standard InChI is InChI=1S/C14H21N5O/c1-15-12-8-19-6-5-16-14(19)13(18-12)17-7-10-3-2-4-11(10)9-20/h5-6,8,10-11,15,20H,2-4,7,9H2,1H3,(H,17,18). The average Bonchev–Trinajstić information content (AvgIpc) is 3.12. The van der Waals surface area contributed by atoms with Gasteiger partial charge in [0, 0.05) is 32.6 Å². The molecule has 1 fully saturated rings. The fourth-order valence-electron chi connectivity index (χ4n) is 3.02. The number of anilines is 2. The molecule has 1 aliphatic carbocycles. The molecule has 0 aliphatic heterocycles. The Morgan fingerprint density at radius 3 is 3.05 bits per heavy atom. The third-order valence-corrected chi connectivity index (χ3v) is 4.21. The minimum Gasteiger partial charge on any atom is -0.396 e. The number of nitrogens with zero attached hydrogens (tertiary/aromatic N) is 3. The number of nitrogens with one attached hydrogen (secondary N) is 2. The Labute approximate surface area is 118 Å². The summed E-state index contributed by atoms with van der Waals surface area (Å²) in [5, 5.41) is 15.9. The first-order valence-corrected chi connectivity index (χ1v) is 7.18. The largest absolute Gasteiger partial charge is 0.396 e. The SMILES string of the molecule is CNc1cn2ccnc2c(NCC2CCCC2CO)n1. The molecule has 108 valence electrons. The van der Waals surface area contributed by atoms with Crippen molar-refractivity contribution in [2.24, 2.45) is 11.8 Å². The van der Waals surface area contributed by atoms with Gasteiger partial charge in [0.15, 0.2) is 11.5 Å². The molecule has 2 atom stereocenters. The molecular weight excluding hydrogens is 254 g/mol. The molecule has 2 aromatic rings. The highest BCUT2D eigenvalue weighted by Gasteiger charge is 2.26. The highest BCUT2D eigenvalue weighted by atomic mass is 16.3. The van der Waals surface area contributed by atoms with Crippen LogP contribution in [-0.4, -0.2) is 39.7 Å². The van der Waals surface area contributed by atoms with Crippen LogP contribution in [0.4, 0.5) is 11.6 Å². The number of aliphatic hydroxyl groups is 1. The Morgan fingerprint density at radius 1 is 1.40 bits per heavy atom. The Bertz CT molecular complexity index is 582. The van der Waals surface area contributed by atoms with Crippen LogP contribution in [0, 0.1) is 11.8 Å². The number of aromatic nitrogens is 3. The van der Waals surface area contributed by atoms with E-state index in [2.05, 4.69) is 20.6 Å². The monoisotopic (exact) mass is 275 g/mol. The Balaban J connectivity index is 1.78. The minimum atomic E-state index is 0.287. The molecule has 6 heteroatoms. The van der Waals surface area contributed by atoms with Gasteiger partial charge in [-0.1, -0.05) is 6.42 Å². The van der Waals surface area contributed by atoms with E-state index in [9.17, 15) is 5.11 Å². The van der Waals surface area contributed by atoms with Crippen LogP contribution < -0.4 is 10.6 Å². The second-order valence-electron chi connectivity index (χ2n) is 5.40. The second-order valence-corrected chi connectivity index (χ2v) is 5.40. The summed E-state index contributed by atoms with van der Waals surface area (Å²) in [5.41, 5.74) is 0.836.